The van der Waals surface area contributed by atoms with Crippen LogP contribution >= 0.6 is 15.9 Å². The van der Waals surface area contributed by atoms with E-state index in [0.717, 1.165) is 19.3 Å². The van der Waals surface area contributed by atoms with Gasteiger partial charge in [-0.05, 0) is 58.8 Å². The predicted molar refractivity (Wildman–Crippen MR) is 89.5 cm³/mol. The van der Waals surface area contributed by atoms with E-state index in [9.17, 15) is 8.42 Å². The van der Waals surface area contributed by atoms with Crippen molar-refractivity contribution in [1.82, 2.24) is 4.72 Å². The van der Waals surface area contributed by atoms with E-state index in [1.54, 1.807) is 12.1 Å². The first-order valence-corrected chi connectivity index (χ1v) is 9.66. The van der Waals surface area contributed by atoms with Crippen molar-refractivity contribution in [2.24, 2.45) is 11.8 Å². The Morgan fingerprint density at radius 1 is 1.29 bits per heavy atom. The van der Waals surface area contributed by atoms with E-state index in [1.807, 2.05) is 0 Å². The SMILES string of the molecule is CC(C)C1CCCCC1NS(=O)(=O)c1ccc(Br)c(N)c1. The van der Waals surface area contributed by atoms with Crippen LogP contribution in [0.2, 0.25) is 0 Å². The topological polar surface area (TPSA) is 72.2 Å². The largest absolute Gasteiger partial charge is 0.398 e. The van der Waals surface area contributed by atoms with Gasteiger partial charge in [-0.1, -0.05) is 26.7 Å². The number of hydrogen-bond donors (Lipinski definition) is 2. The Morgan fingerprint density at radius 2 is 1.95 bits per heavy atom. The Kier molecular flexibility index (Phi) is 5.33. The quantitative estimate of drug-likeness (QED) is 0.791. The Hall–Kier alpha value is -0.590. The van der Waals surface area contributed by atoms with Crippen molar-refractivity contribution in [1.29, 1.82) is 0 Å². The van der Waals surface area contributed by atoms with E-state index in [-0.39, 0.29) is 10.9 Å². The predicted octanol–water partition coefficient (Wildman–Crippen LogP) is 3.52. The van der Waals surface area contributed by atoms with Crippen molar-refractivity contribution in [2.45, 2.75) is 50.5 Å². The molecule has 4 nitrogen and oxygen atoms in total. The van der Waals surface area contributed by atoms with E-state index in [4.69, 9.17) is 5.73 Å². The highest BCUT2D eigenvalue weighted by atomic mass is 79.9. The minimum Gasteiger partial charge on any atom is -0.398 e. The smallest absolute Gasteiger partial charge is 0.240 e. The van der Waals surface area contributed by atoms with Gasteiger partial charge >= 0.3 is 0 Å². The Labute approximate surface area is 135 Å². The minimum absolute atomic E-state index is 0.0219. The van der Waals surface area contributed by atoms with Crippen LogP contribution in [0.3, 0.4) is 0 Å². The molecule has 0 aromatic heterocycles. The first kappa shape index (κ1) is 16.8. The summed E-state index contributed by atoms with van der Waals surface area (Å²) < 4.78 is 28.7. The highest BCUT2D eigenvalue weighted by Gasteiger charge is 2.31. The maximum atomic E-state index is 12.6. The van der Waals surface area contributed by atoms with Crippen LogP contribution in [-0.2, 0) is 10.0 Å². The molecule has 1 aliphatic carbocycles. The molecule has 6 heteroatoms. The van der Waals surface area contributed by atoms with Crippen LogP contribution in [0.4, 0.5) is 5.69 Å². The van der Waals surface area contributed by atoms with E-state index in [2.05, 4.69) is 34.5 Å². The van der Waals surface area contributed by atoms with Crippen molar-refractivity contribution in [3.05, 3.63) is 22.7 Å². The summed E-state index contributed by atoms with van der Waals surface area (Å²) in [5.74, 6) is 0.884. The molecule has 0 aliphatic heterocycles. The average molecular weight is 375 g/mol. The Bertz CT molecular complexity index is 602. The maximum absolute atomic E-state index is 12.6. The molecule has 1 aromatic carbocycles. The Morgan fingerprint density at radius 3 is 2.57 bits per heavy atom. The standard InChI is InChI=1S/C15H23BrN2O2S/c1-10(2)12-5-3-4-6-15(12)18-21(19,20)11-7-8-13(16)14(17)9-11/h7-10,12,15,18H,3-6,17H2,1-2H3. The van der Waals surface area contributed by atoms with Crippen molar-refractivity contribution in [3.8, 4) is 0 Å². The lowest BCUT2D eigenvalue weighted by Crippen LogP contribution is -2.43. The van der Waals surface area contributed by atoms with E-state index < -0.39 is 10.0 Å². The third kappa shape index (κ3) is 3.99. The number of nitrogen functional groups attached to an aromatic ring is 1. The highest BCUT2D eigenvalue weighted by molar-refractivity contribution is 9.10. The summed E-state index contributed by atoms with van der Waals surface area (Å²) >= 11 is 3.28. The molecule has 0 bridgehead atoms. The zero-order chi connectivity index (χ0) is 15.6. The van der Waals surface area contributed by atoms with Gasteiger partial charge in [0.15, 0.2) is 0 Å². The monoisotopic (exact) mass is 374 g/mol. The molecule has 0 radical (unpaired) electrons. The number of anilines is 1. The Balaban J connectivity index is 2.21. The first-order valence-electron chi connectivity index (χ1n) is 7.38. The van der Waals surface area contributed by atoms with Crippen LogP contribution in [0.1, 0.15) is 39.5 Å². The second-order valence-corrected chi connectivity index (χ2v) is 8.67. The molecule has 21 heavy (non-hydrogen) atoms. The zero-order valence-electron chi connectivity index (χ0n) is 12.5. The molecule has 1 aromatic rings. The number of benzene rings is 1. The van der Waals surface area contributed by atoms with Gasteiger partial charge in [-0.2, -0.15) is 0 Å². The third-order valence-corrected chi connectivity index (χ3v) is 6.47. The van der Waals surface area contributed by atoms with Crippen LogP contribution in [0, 0.1) is 11.8 Å². The summed E-state index contributed by atoms with van der Waals surface area (Å²) in [4.78, 5) is 0.233. The molecule has 1 saturated carbocycles. The molecule has 2 unspecified atom stereocenters. The van der Waals surface area contributed by atoms with E-state index >= 15 is 0 Å². The zero-order valence-corrected chi connectivity index (χ0v) is 14.9. The van der Waals surface area contributed by atoms with Gasteiger partial charge in [0.05, 0.1) is 4.90 Å². The molecule has 118 valence electrons. The fourth-order valence-corrected chi connectivity index (χ4v) is 4.66. The number of nitrogens with two attached hydrogens (primary N) is 1. The lowest BCUT2D eigenvalue weighted by molar-refractivity contribution is 0.226. The molecular weight excluding hydrogens is 352 g/mol. The van der Waals surface area contributed by atoms with Gasteiger partial charge < -0.3 is 5.73 Å². The number of hydrogen-bond acceptors (Lipinski definition) is 3. The van der Waals surface area contributed by atoms with Gasteiger partial charge in [0.2, 0.25) is 10.0 Å². The fourth-order valence-electron chi connectivity index (χ4n) is 3.06. The van der Waals surface area contributed by atoms with Crippen LogP contribution < -0.4 is 10.5 Å². The second-order valence-electron chi connectivity index (χ2n) is 6.10. The molecule has 0 amide bonds. The van der Waals surface area contributed by atoms with Crippen molar-refractivity contribution < 1.29 is 8.42 Å². The molecule has 3 N–H and O–H groups in total. The molecule has 0 spiro atoms. The highest BCUT2D eigenvalue weighted by Crippen LogP contribution is 2.31. The third-order valence-electron chi connectivity index (χ3n) is 4.26. The number of sulfonamides is 1. The van der Waals surface area contributed by atoms with Gasteiger partial charge in [0.25, 0.3) is 0 Å². The van der Waals surface area contributed by atoms with Gasteiger partial charge in [-0.3, -0.25) is 0 Å². The fraction of sp³-hybridized carbons (Fsp3) is 0.600. The lowest BCUT2D eigenvalue weighted by atomic mass is 9.78. The van der Waals surface area contributed by atoms with E-state index in [0.29, 0.717) is 22.0 Å². The molecule has 0 heterocycles. The van der Waals surface area contributed by atoms with E-state index in [1.165, 1.54) is 12.5 Å². The van der Waals surface area contributed by atoms with Crippen molar-refractivity contribution in [2.75, 3.05) is 5.73 Å². The average Bonchev–Trinajstić information content (AvgIpc) is 2.41. The van der Waals surface area contributed by atoms with Crippen LogP contribution in [-0.4, -0.2) is 14.5 Å². The van der Waals surface area contributed by atoms with Gasteiger partial charge in [0.1, 0.15) is 0 Å². The van der Waals surface area contributed by atoms with Gasteiger partial charge in [-0.15, -0.1) is 0 Å². The first-order chi connectivity index (χ1) is 9.81. The number of rotatable bonds is 4. The maximum Gasteiger partial charge on any atom is 0.240 e. The normalized spacial score (nSPS) is 23.4. The van der Waals surface area contributed by atoms with Gasteiger partial charge in [0, 0.05) is 16.2 Å². The summed E-state index contributed by atoms with van der Waals surface area (Å²) in [7, 11) is -3.52. The summed E-state index contributed by atoms with van der Waals surface area (Å²) in [5, 5.41) is 0. The van der Waals surface area contributed by atoms with Gasteiger partial charge in [-0.25, -0.2) is 13.1 Å². The molecular formula is C15H23BrN2O2S. The van der Waals surface area contributed by atoms with Crippen LogP contribution in [0.5, 0.6) is 0 Å². The summed E-state index contributed by atoms with van der Waals surface area (Å²) in [5.41, 5.74) is 6.22. The number of halogens is 1. The van der Waals surface area contributed by atoms with Crippen molar-refractivity contribution in [3.63, 3.8) is 0 Å². The minimum atomic E-state index is -3.52. The summed E-state index contributed by atoms with van der Waals surface area (Å²) in [6.45, 7) is 4.32. The number of nitrogens with one attached hydrogen (secondary N) is 1. The van der Waals surface area contributed by atoms with Crippen LogP contribution in [0.25, 0.3) is 0 Å². The lowest BCUT2D eigenvalue weighted by Gasteiger charge is -2.34. The summed E-state index contributed by atoms with van der Waals surface area (Å²) in [6.07, 6.45) is 4.27. The molecule has 1 aliphatic rings. The molecule has 2 rings (SSSR count). The molecule has 2 atom stereocenters. The van der Waals surface area contributed by atoms with Crippen molar-refractivity contribution >= 4 is 31.6 Å². The second kappa shape index (κ2) is 6.67. The summed E-state index contributed by atoms with van der Waals surface area (Å²) in [6, 6.07) is 4.77. The molecule has 1 fully saturated rings. The van der Waals surface area contributed by atoms with Crippen LogP contribution in [0.15, 0.2) is 27.6 Å². The molecule has 0 saturated heterocycles.